The van der Waals surface area contributed by atoms with Gasteiger partial charge >= 0.3 is 11.9 Å². The Morgan fingerprint density at radius 3 is 2.19 bits per heavy atom. The lowest BCUT2D eigenvalue weighted by Gasteiger charge is -2.30. The molecule has 26 heavy (non-hydrogen) atoms. The van der Waals surface area contributed by atoms with Gasteiger partial charge in [0.05, 0.1) is 31.3 Å². The fourth-order valence-corrected chi connectivity index (χ4v) is 3.29. The van der Waals surface area contributed by atoms with E-state index in [0.717, 1.165) is 18.4 Å². The first-order valence-corrected chi connectivity index (χ1v) is 8.39. The molecular formula is C19H19NO6. The van der Waals surface area contributed by atoms with Crippen LogP contribution in [-0.4, -0.2) is 43.9 Å². The number of rotatable bonds is 4. The van der Waals surface area contributed by atoms with Gasteiger partial charge in [0.15, 0.2) is 11.5 Å². The zero-order chi connectivity index (χ0) is 18.3. The van der Waals surface area contributed by atoms with Crippen molar-refractivity contribution in [2.45, 2.75) is 24.8 Å². The molecule has 0 N–H and O–H groups in total. The predicted molar refractivity (Wildman–Crippen MR) is 90.4 cm³/mol. The Morgan fingerprint density at radius 2 is 1.62 bits per heavy atom. The van der Waals surface area contributed by atoms with Crippen molar-refractivity contribution in [3.05, 3.63) is 47.3 Å². The van der Waals surface area contributed by atoms with Crippen molar-refractivity contribution in [3.63, 3.8) is 0 Å². The van der Waals surface area contributed by atoms with E-state index in [1.165, 1.54) is 14.2 Å². The first-order valence-electron chi connectivity index (χ1n) is 8.39. The molecular weight excluding hydrogens is 338 g/mol. The molecule has 0 amide bonds. The fourth-order valence-electron chi connectivity index (χ4n) is 3.29. The summed E-state index contributed by atoms with van der Waals surface area (Å²) in [5, 5.41) is 0. The molecule has 0 atom stereocenters. The van der Waals surface area contributed by atoms with E-state index in [0.29, 0.717) is 28.7 Å². The summed E-state index contributed by atoms with van der Waals surface area (Å²) in [5.41, 5.74) is 1.51. The number of carbonyl (C=O) groups is 2. The average molecular weight is 357 g/mol. The first-order chi connectivity index (χ1) is 12.6. The summed E-state index contributed by atoms with van der Waals surface area (Å²) in [5.74, 6) is -0.336. The number of fused-ring (bicyclic) bond motifs is 1. The molecule has 1 aromatic rings. The van der Waals surface area contributed by atoms with Gasteiger partial charge in [0.25, 0.3) is 0 Å². The molecule has 0 saturated heterocycles. The standard InChI is InChI=1S/C19H19NO6/c1-23-18(21)13-8-20(12-4-5-12)9-14(19(22)24-2)17(13)11-3-6-15-16(7-11)26-10-25-15/h3,6-9,12,17H,4-5,10H2,1-2H3. The zero-order valence-corrected chi connectivity index (χ0v) is 14.6. The number of methoxy groups -OCH3 is 2. The molecule has 1 aliphatic carbocycles. The van der Waals surface area contributed by atoms with Crippen molar-refractivity contribution in [2.75, 3.05) is 21.0 Å². The minimum Gasteiger partial charge on any atom is -0.466 e. The Kier molecular flexibility index (Phi) is 4.06. The van der Waals surface area contributed by atoms with Gasteiger partial charge in [-0.2, -0.15) is 0 Å². The van der Waals surface area contributed by atoms with Gasteiger partial charge < -0.3 is 23.8 Å². The van der Waals surface area contributed by atoms with E-state index in [2.05, 4.69) is 0 Å². The molecule has 0 unspecified atom stereocenters. The molecule has 1 saturated carbocycles. The molecule has 4 rings (SSSR count). The second kappa shape index (κ2) is 6.40. The number of esters is 2. The van der Waals surface area contributed by atoms with Crippen LogP contribution in [-0.2, 0) is 19.1 Å². The molecule has 3 aliphatic rings. The molecule has 7 heteroatoms. The third-order valence-corrected chi connectivity index (χ3v) is 4.74. The number of hydrogen-bond donors (Lipinski definition) is 0. The monoisotopic (exact) mass is 357 g/mol. The summed E-state index contributed by atoms with van der Waals surface area (Å²) in [7, 11) is 2.66. The summed E-state index contributed by atoms with van der Waals surface area (Å²) >= 11 is 0. The minimum absolute atomic E-state index is 0.151. The summed E-state index contributed by atoms with van der Waals surface area (Å²) in [4.78, 5) is 26.9. The van der Waals surface area contributed by atoms with Crippen LogP contribution in [0.15, 0.2) is 41.7 Å². The Bertz CT molecular complexity index is 789. The average Bonchev–Trinajstić information content (AvgIpc) is 3.42. The van der Waals surface area contributed by atoms with E-state index in [9.17, 15) is 9.59 Å². The molecule has 0 spiro atoms. The summed E-state index contributed by atoms with van der Waals surface area (Å²) < 4.78 is 20.7. The van der Waals surface area contributed by atoms with Crippen LogP contribution in [0, 0.1) is 0 Å². The van der Waals surface area contributed by atoms with Gasteiger partial charge in [-0.25, -0.2) is 9.59 Å². The van der Waals surface area contributed by atoms with E-state index >= 15 is 0 Å². The highest BCUT2D eigenvalue weighted by molar-refractivity contribution is 5.98. The lowest BCUT2D eigenvalue weighted by atomic mass is 9.83. The largest absolute Gasteiger partial charge is 0.466 e. The number of ether oxygens (including phenoxy) is 4. The van der Waals surface area contributed by atoms with Gasteiger partial charge in [0, 0.05) is 18.4 Å². The first kappa shape index (κ1) is 16.5. The van der Waals surface area contributed by atoms with Crippen LogP contribution in [0.5, 0.6) is 11.5 Å². The van der Waals surface area contributed by atoms with Gasteiger partial charge in [-0.1, -0.05) is 6.07 Å². The van der Waals surface area contributed by atoms with Crippen LogP contribution in [0.3, 0.4) is 0 Å². The maximum absolute atomic E-state index is 12.5. The van der Waals surface area contributed by atoms with Crippen LogP contribution in [0.2, 0.25) is 0 Å². The van der Waals surface area contributed by atoms with Crippen molar-refractivity contribution < 1.29 is 28.5 Å². The number of hydrogen-bond acceptors (Lipinski definition) is 7. The zero-order valence-electron chi connectivity index (χ0n) is 14.6. The van der Waals surface area contributed by atoms with Crippen LogP contribution >= 0.6 is 0 Å². The lowest BCUT2D eigenvalue weighted by molar-refractivity contribution is -0.137. The fraction of sp³-hybridized carbons (Fsp3) is 0.368. The highest BCUT2D eigenvalue weighted by Crippen LogP contribution is 2.43. The molecule has 1 aromatic carbocycles. The van der Waals surface area contributed by atoms with E-state index in [4.69, 9.17) is 18.9 Å². The lowest BCUT2D eigenvalue weighted by Crippen LogP contribution is -2.29. The number of benzene rings is 1. The smallest absolute Gasteiger partial charge is 0.336 e. The van der Waals surface area contributed by atoms with E-state index in [1.54, 1.807) is 24.5 Å². The Morgan fingerprint density at radius 1 is 1.00 bits per heavy atom. The highest BCUT2D eigenvalue weighted by atomic mass is 16.7. The van der Waals surface area contributed by atoms with Crippen molar-refractivity contribution >= 4 is 11.9 Å². The van der Waals surface area contributed by atoms with E-state index in [1.807, 2.05) is 11.0 Å². The second-order valence-corrected chi connectivity index (χ2v) is 6.38. The Labute approximate surface area is 150 Å². The normalized spacial score (nSPS) is 18.9. The quantitative estimate of drug-likeness (QED) is 0.764. The summed E-state index contributed by atoms with van der Waals surface area (Å²) in [6.45, 7) is 0.151. The van der Waals surface area contributed by atoms with Crippen LogP contribution < -0.4 is 9.47 Å². The van der Waals surface area contributed by atoms with Gasteiger partial charge in [-0.05, 0) is 30.5 Å². The third kappa shape index (κ3) is 2.79. The topological polar surface area (TPSA) is 74.3 Å². The second-order valence-electron chi connectivity index (χ2n) is 6.38. The molecule has 7 nitrogen and oxygen atoms in total. The Balaban J connectivity index is 1.81. The SMILES string of the molecule is COC(=O)C1=CN(C2CC2)C=C(C(=O)OC)C1c1ccc2c(c1)OCO2. The molecule has 2 heterocycles. The highest BCUT2D eigenvalue weighted by Gasteiger charge is 2.39. The van der Waals surface area contributed by atoms with Crippen LogP contribution in [0.25, 0.3) is 0 Å². The van der Waals surface area contributed by atoms with Crippen molar-refractivity contribution in [1.29, 1.82) is 0 Å². The summed E-state index contributed by atoms with van der Waals surface area (Å²) in [6.07, 6.45) is 5.57. The number of carbonyl (C=O) groups excluding carboxylic acids is 2. The molecule has 136 valence electrons. The molecule has 0 bridgehead atoms. The van der Waals surface area contributed by atoms with E-state index < -0.39 is 17.9 Å². The predicted octanol–water partition coefficient (Wildman–Crippen LogP) is 2.09. The van der Waals surface area contributed by atoms with Gasteiger partial charge in [0.2, 0.25) is 6.79 Å². The van der Waals surface area contributed by atoms with Gasteiger partial charge in [-0.3, -0.25) is 0 Å². The molecule has 2 aliphatic heterocycles. The Hall–Kier alpha value is -2.96. The van der Waals surface area contributed by atoms with Crippen molar-refractivity contribution in [2.24, 2.45) is 0 Å². The van der Waals surface area contributed by atoms with Crippen LogP contribution in [0.4, 0.5) is 0 Å². The maximum atomic E-state index is 12.5. The third-order valence-electron chi connectivity index (χ3n) is 4.74. The van der Waals surface area contributed by atoms with Crippen molar-refractivity contribution in [1.82, 2.24) is 4.90 Å². The van der Waals surface area contributed by atoms with Crippen molar-refractivity contribution in [3.8, 4) is 11.5 Å². The van der Waals surface area contributed by atoms with Gasteiger partial charge in [-0.15, -0.1) is 0 Å². The number of nitrogens with zero attached hydrogens (tertiary/aromatic N) is 1. The maximum Gasteiger partial charge on any atom is 0.336 e. The molecule has 0 radical (unpaired) electrons. The molecule has 0 aromatic heterocycles. The minimum atomic E-state index is -0.598. The summed E-state index contributed by atoms with van der Waals surface area (Å²) in [6, 6.07) is 5.67. The van der Waals surface area contributed by atoms with E-state index in [-0.39, 0.29) is 6.79 Å². The van der Waals surface area contributed by atoms with Gasteiger partial charge in [0.1, 0.15) is 0 Å². The molecule has 1 fully saturated rings. The van der Waals surface area contributed by atoms with Crippen LogP contribution in [0.1, 0.15) is 24.3 Å².